The summed E-state index contributed by atoms with van der Waals surface area (Å²) < 4.78 is 40.4. The molecule has 11 heteroatoms. The monoisotopic (exact) mass is 629 g/mol. The molecule has 1 heterocycles. The Kier molecular flexibility index (Phi) is 14.2. The van der Waals surface area contributed by atoms with Gasteiger partial charge in [-0.25, -0.2) is 4.98 Å². The molecule has 0 saturated heterocycles. The zero-order valence-electron chi connectivity index (χ0n) is 22.7. The molecular formula is C28H39BrF3N5OS. The highest BCUT2D eigenvalue weighted by Crippen LogP contribution is 2.29. The van der Waals surface area contributed by atoms with Crippen LogP contribution in [0.3, 0.4) is 0 Å². The largest absolute Gasteiger partial charge is 0.572 e. The Morgan fingerprint density at radius 3 is 2.46 bits per heavy atom. The highest BCUT2D eigenvalue weighted by molar-refractivity contribution is 9.11. The Morgan fingerprint density at radius 1 is 1.10 bits per heavy atom. The second-order valence-electron chi connectivity index (χ2n) is 9.45. The smallest absolute Gasteiger partial charge is 0.410 e. The summed E-state index contributed by atoms with van der Waals surface area (Å²) in [6.45, 7) is 5.25. The summed E-state index contributed by atoms with van der Waals surface area (Å²) in [5, 5.41) is 7.98. The maximum Gasteiger partial charge on any atom is 0.572 e. The molecule has 0 unspecified atom stereocenters. The third-order valence-corrected chi connectivity index (χ3v) is 6.76. The fraction of sp³-hybridized carbons (Fsp3) is 0.500. The molecule has 0 aliphatic heterocycles. The van der Waals surface area contributed by atoms with E-state index in [0.29, 0.717) is 21.9 Å². The molecule has 2 aliphatic carbocycles. The number of halogens is 4. The first kappa shape index (κ1) is 33.0. The average Bonchev–Trinajstić information content (AvgIpc) is 2.87. The Morgan fingerprint density at radius 2 is 1.79 bits per heavy atom. The number of nitrogens with two attached hydrogens (primary N) is 1. The number of anilines is 2. The van der Waals surface area contributed by atoms with Crippen molar-refractivity contribution in [3.05, 3.63) is 57.6 Å². The number of nitrogens with zero attached hydrogens (tertiary/aromatic N) is 2. The molecular weight excluding hydrogens is 591 g/mol. The number of nitrogens with one attached hydrogen (secondary N) is 2. The van der Waals surface area contributed by atoms with Gasteiger partial charge in [0, 0.05) is 28.9 Å². The van der Waals surface area contributed by atoms with Gasteiger partial charge in [-0.3, -0.25) is 0 Å². The van der Waals surface area contributed by atoms with Crippen LogP contribution in [0.5, 0.6) is 0 Å². The summed E-state index contributed by atoms with van der Waals surface area (Å²) >= 11 is 7.17. The zero-order chi connectivity index (χ0) is 28.8. The van der Waals surface area contributed by atoms with E-state index in [0.717, 1.165) is 35.1 Å². The number of ether oxygens (including phenoxy) is 1. The van der Waals surface area contributed by atoms with Crippen LogP contribution in [0.15, 0.2) is 57.6 Å². The minimum Gasteiger partial charge on any atom is -0.410 e. The number of benzene rings is 1. The van der Waals surface area contributed by atoms with Crippen LogP contribution in [0.25, 0.3) is 10.9 Å². The van der Waals surface area contributed by atoms with E-state index < -0.39 is 6.36 Å². The third-order valence-electron chi connectivity index (χ3n) is 5.87. The Labute approximate surface area is 243 Å². The highest BCUT2D eigenvalue weighted by atomic mass is 79.9. The predicted molar refractivity (Wildman–Crippen MR) is 162 cm³/mol. The zero-order valence-corrected chi connectivity index (χ0v) is 25.2. The molecule has 0 atom stereocenters. The number of hydrogen-bond donors (Lipinski definition) is 4. The van der Waals surface area contributed by atoms with Gasteiger partial charge in [0.25, 0.3) is 0 Å². The second kappa shape index (κ2) is 16.8. The van der Waals surface area contributed by atoms with Gasteiger partial charge in [0.2, 0.25) is 5.95 Å². The molecule has 4 rings (SSSR count). The number of alkyl halides is 3. The number of aromatic nitrogens is 2. The average molecular weight is 631 g/mol. The number of allylic oxidation sites excluding steroid dienone is 5. The lowest BCUT2D eigenvalue weighted by Crippen LogP contribution is -2.19. The first-order chi connectivity index (χ1) is 18.6. The van der Waals surface area contributed by atoms with Gasteiger partial charge in [0.1, 0.15) is 11.6 Å². The van der Waals surface area contributed by atoms with E-state index in [9.17, 15) is 13.2 Å². The van der Waals surface area contributed by atoms with Gasteiger partial charge in [-0.2, -0.15) is 4.98 Å². The lowest BCUT2D eigenvalue weighted by Gasteiger charge is -2.22. The maximum atomic E-state index is 12.0. The van der Waals surface area contributed by atoms with E-state index in [1.807, 2.05) is 18.2 Å². The van der Waals surface area contributed by atoms with Crippen molar-refractivity contribution < 1.29 is 17.9 Å². The quantitative estimate of drug-likeness (QED) is 0.240. The van der Waals surface area contributed by atoms with Crippen LogP contribution in [-0.4, -0.2) is 36.0 Å². The van der Waals surface area contributed by atoms with Gasteiger partial charge in [-0.05, 0) is 69.2 Å². The van der Waals surface area contributed by atoms with Gasteiger partial charge in [-0.15, -0.1) is 25.8 Å². The normalized spacial score (nSPS) is 19.0. The van der Waals surface area contributed by atoms with Crippen LogP contribution in [0.2, 0.25) is 0 Å². The van der Waals surface area contributed by atoms with Crippen molar-refractivity contribution in [3.8, 4) is 0 Å². The number of thiol groups is 1. The van der Waals surface area contributed by atoms with Crippen LogP contribution in [0.4, 0.5) is 24.9 Å². The summed E-state index contributed by atoms with van der Waals surface area (Å²) in [6, 6.07) is 8.54. The lowest BCUT2D eigenvalue weighted by atomic mass is 9.89. The van der Waals surface area contributed by atoms with Gasteiger partial charge in [-0.1, -0.05) is 59.5 Å². The van der Waals surface area contributed by atoms with Crippen molar-refractivity contribution in [2.75, 3.05) is 24.2 Å². The van der Waals surface area contributed by atoms with E-state index >= 15 is 0 Å². The first-order valence-electron chi connectivity index (χ1n) is 13.1. The van der Waals surface area contributed by atoms with Crippen molar-refractivity contribution in [1.29, 1.82) is 0 Å². The predicted octanol–water partition coefficient (Wildman–Crippen LogP) is 8.31. The number of para-hydroxylation sites is 1. The van der Waals surface area contributed by atoms with Gasteiger partial charge in [0.05, 0.1) is 5.52 Å². The SMILES string of the molecule is CC(C)Nc1nc(NCC2CCCCC2)nc2ccccc12.CN.FC(F)(F)O/C1=C/C(Br)=CC/C=C(/S)C1. The number of fused-ring (bicyclic) bond motifs is 1. The fourth-order valence-electron chi connectivity index (χ4n) is 4.20. The number of rotatable bonds is 6. The second-order valence-corrected chi connectivity index (χ2v) is 10.9. The Bertz CT molecular complexity index is 1130. The molecule has 1 aromatic carbocycles. The third kappa shape index (κ3) is 12.7. The lowest BCUT2D eigenvalue weighted by molar-refractivity contribution is -0.306. The molecule has 0 radical (unpaired) electrons. The molecule has 216 valence electrons. The molecule has 2 aromatic rings. The van der Waals surface area contributed by atoms with E-state index in [1.54, 1.807) is 12.2 Å². The molecule has 0 bridgehead atoms. The van der Waals surface area contributed by atoms with Crippen molar-refractivity contribution in [2.45, 2.75) is 71.2 Å². The van der Waals surface area contributed by atoms with Crippen molar-refractivity contribution in [3.63, 3.8) is 0 Å². The minimum absolute atomic E-state index is 0.0472. The molecule has 2 aliphatic rings. The topological polar surface area (TPSA) is 85.1 Å². The van der Waals surface area contributed by atoms with E-state index in [1.165, 1.54) is 45.2 Å². The summed E-state index contributed by atoms with van der Waals surface area (Å²) in [5.74, 6) is 2.26. The fourth-order valence-corrected chi connectivity index (χ4v) is 4.91. The van der Waals surface area contributed by atoms with Crippen molar-refractivity contribution >= 4 is 51.2 Å². The highest BCUT2D eigenvalue weighted by Gasteiger charge is 2.32. The van der Waals surface area contributed by atoms with E-state index in [4.69, 9.17) is 4.98 Å². The van der Waals surface area contributed by atoms with Crippen LogP contribution in [0, 0.1) is 5.92 Å². The number of hydrogen-bond acceptors (Lipinski definition) is 7. The van der Waals surface area contributed by atoms with Crippen LogP contribution >= 0.6 is 28.6 Å². The summed E-state index contributed by atoms with van der Waals surface area (Å²) in [7, 11) is 1.50. The molecule has 39 heavy (non-hydrogen) atoms. The standard InChI is InChI=1S/C18H26N4.C9H8BrF3OS.CH5N/c1-13(2)20-17-15-10-6-7-11-16(15)21-18(22-17)19-12-14-8-4-3-5-9-14;10-6-2-1-3-8(15)5-7(4-6)14-9(11,12)13;1-2/h6-7,10-11,13-14H,3-5,8-9,12H2,1-2H3,(H2,19,20,21,22);2-4,15H,1,5H2;2H2,1H3/b;6-2?,7-4+,8-3+;. The van der Waals surface area contributed by atoms with Crippen molar-refractivity contribution in [2.24, 2.45) is 11.7 Å². The van der Waals surface area contributed by atoms with Crippen LogP contribution in [-0.2, 0) is 4.74 Å². The maximum absolute atomic E-state index is 12.0. The molecule has 1 saturated carbocycles. The summed E-state index contributed by atoms with van der Waals surface area (Å²) in [6.07, 6.45) is 7.58. The molecule has 0 amide bonds. The minimum atomic E-state index is -4.66. The van der Waals surface area contributed by atoms with Gasteiger partial charge < -0.3 is 21.1 Å². The molecule has 0 spiro atoms. The summed E-state index contributed by atoms with van der Waals surface area (Å²) in [5.41, 5.74) is 5.49. The van der Waals surface area contributed by atoms with E-state index in [2.05, 4.69) is 74.6 Å². The van der Waals surface area contributed by atoms with Crippen molar-refractivity contribution in [1.82, 2.24) is 9.97 Å². The molecule has 4 N–H and O–H groups in total. The molecule has 1 fully saturated rings. The first-order valence-corrected chi connectivity index (χ1v) is 14.4. The summed E-state index contributed by atoms with van der Waals surface area (Å²) in [4.78, 5) is 9.91. The van der Waals surface area contributed by atoms with Crippen LogP contribution in [0.1, 0.15) is 58.8 Å². The molecule has 1 aromatic heterocycles. The van der Waals surface area contributed by atoms with E-state index in [-0.39, 0.29) is 12.2 Å². The Hall–Kier alpha value is -2.24. The molecule has 6 nitrogen and oxygen atoms in total. The Balaban J connectivity index is 0.000000275. The van der Waals surface area contributed by atoms with Gasteiger partial charge >= 0.3 is 6.36 Å². The van der Waals surface area contributed by atoms with Gasteiger partial charge in [0.15, 0.2) is 0 Å². The van der Waals surface area contributed by atoms with Crippen LogP contribution < -0.4 is 16.4 Å².